The van der Waals surface area contributed by atoms with E-state index in [4.69, 9.17) is 0 Å². The van der Waals surface area contributed by atoms with Gasteiger partial charge >= 0.3 is 5.97 Å². The summed E-state index contributed by atoms with van der Waals surface area (Å²) in [6.07, 6.45) is 3.07. The van der Waals surface area contributed by atoms with Crippen molar-refractivity contribution < 1.29 is 24.0 Å². The number of nitrogens with zero attached hydrogens (tertiary/aromatic N) is 1. The quantitative estimate of drug-likeness (QED) is 0.438. The lowest BCUT2D eigenvalue weighted by Crippen LogP contribution is -2.52. The number of hydrogen-bond donors (Lipinski definition) is 2. The zero-order valence-corrected chi connectivity index (χ0v) is 12.3. The van der Waals surface area contributed by atoms with Gasteiger partial charge in [0.1, 0.15) is 5.41 Å². The zero-order valence-electron chi connectivity index (χ0n) is 11.5. The lowest BCUT2D eigenvalue weighted by molar-refractivity contribution is -0.142. The highest BCUT2D eigenvalue weighted by Gasteiger charge is 2.54. The first-order chi connectivity index (χ1) is 9.88. The van der Waals surface area contributed by atoms with E-state index in [1.807, 2.05) is 0 Å². The highest BCUT2D eigenvalue weighted by molar-refractivity contribution is 7.98. The van der Waals surface area contributed by atoms with E-state index in [-0.39, 0.29) is 34.9 Å². The molecule has 0 saturated carbocycles. The third kappa shape index (κ3) is 2.59. The van der Waals surface area contributed by atoms with Crippen LogP contribution in [0.1, 0.15) is 20.3 Å². The molecule has 2 N–H and O–H groups in total. The molecule has 2 atom stereocenters. The highest BCUT2D eigenvalue weighted by Crippen LogP contribution is 2.43. The van der Waals surface area contributed by atoms with E-state index >= 15 is 0 Å². The minimum Gasteiger partial charge on any atom is -0.607 e. The van der Waals surface area contributed by atoms with Crippen molar-refractivity contribution in [1.29, 1.82) is 0 Å². The number of carbonyl (C=O) groups excluding carboxylic acids is 2. The van der Waals surface area contributed by atoms with Crippen molar-refractivity contribution in [3.05, 3.63) is 33.9 Å². The Hall–Kier alpha value is -2.06. The molecule has 21 heavy (non-hydrogen) atoms. The van der Waals surface area contributed by atoms with Crippen molar-refractivity contribution in [1.82, 2.24) is 10.2 Å². The number of β-lactam (4-membered cyclic amide) rings is 1. The van der Waals surface area contributed by atoms with Crippen LogP contribution < -0.4 is 5.32 Å². The van der Waals surface area contributed by atoms with Gasteiger partial charge < -0.3 is 15.0 Å². The molecule has 2 amide bonds. The summed E-state index contributed by atoms with van der Waals surface area (Å²) in [6, 6.07) is -0.346. The summed E-state index contributed by atoms with van der Waals surface area (Å²) in [5.41, 5.74) is 0.313. The smallest absolute Gasteiger partial charge is 0.357 e. The molecule has 0 aromatic heterocycles. The number of fused-ring (bicyclic) bond motifs is 1. The molecule has 8 heteroatoms. The fourth-order valence-corrected chi connectivity index (χ4v) is 3.43. The number of carboxylic acids is 1. The minimum absolute atomic E-state index is 0.180. The van der Waals surface area contributed by atoms with Crippen molar-refractivity contribution in [2.45, 2.75) is 26.3 Å². The van der Waals surface area contributed by atoms with Gasteiger partial charge in [-0.2, -0.15) is 0 Å². The molecule has 0 aromatic carbocycles. The monoisotopic (exact) mass is 310 g/mol. The number of carbonyl (C=O) groups is 3. The van der Waals surface area contributed by atoms with Crippen molar-refractivity contribution in [3.8, 4) is 0 Å². The lowest BCUT2D eigenvalue weighted by atomic mass is 9.94. The highest BCUT2D eigenvalue weighted by atomic mass is 32.2. The van der Waals surface area contributed by atoms with Crippen LogP contribution in [0.5, 0.6) is 0 Å². The molecule has 0 aromatic rings. The van der Waals surface area contributed by atoms with Gasteiger partial charge in [-0.25, -0.2) is 4.79 Å². The van der Waals surface area contributed by atoms with Crippen molar-refractivity contribution in [2.75, 3.05) is 0 Å². The summed E-state index contributed by atoms with van der Waals surface area (Å²) in [6.45, 7) is 3.00. The van der Waals surface area contributed by atoms with Crippen LogP contribution in [0.25, 0.3) is 0 Å². The maximum Gasteiger partial charge on any atom is 0.357 e. The SMILES string of the molecule is C/C=C1\C(=O)N2C(C(=O)O)=C([S+]([O-])C=CNC(C)=O)C[C@H]12. The number of allylic oxidation sites excluding steroid dienone is 1. The standard InChI is InChI=1S/C13H14N2O5S/c1-3-8-9-6-10(21(20)5-4-14-7(2)16)11(13(18)19)15(9)12(8)17/h3-5,9H,6H2,1-2H3,(H,14,16)(H,18,19)/b5-4?,8-3-/t9-,21?/m1/s1. The van der Waals surface area contributed by atoms with Crippen LogP contribution in [-0.2, 0) is 25.6 Å². The maximum absolute atomic E-state index is 12.2. The molecule has 0 radical (unpaired) electrons. The first-order valence-electron chi connectivity index (χ1n) is 6.19. The van der Waals surface area contributed by atoms with Crippen LogP contribution in [0.4, 0.5) is 0 Å². The number of aliphatic carboxylic acids is 1. The van der Waals surface area contributed by atoms with Gasteiger partial charge in [-0.3, -0.25) is 14.5 Å². The van der Waals surface area contributed by atoms with Gasteiger partial charge in [0.15, 0.2) is 10.6 Å². The lowest BCUT2D eigenvalue weighted by Gasteiger charge is -2.37. The third-order valence-electron chi connectivity index (χ3n) is 3.25. The van der Waals surface area contributed by atoms with Crippen molar-refractivity contribution in [3.63, 3.8) is 0 Å². The summed E-state index contributed by atoms with van der Waals surface area (Å²) >= 11 is -1.71. The Kier molecular flexibility index (Phi) is 4.19. The average Bonchev–Trinajstić information content (AvgIpc) is 2.74. The predicted octanol–water partition coefficient (Wildman–Crippen LogP) is 0.199. The Balaban J connectivity index is 2.26. The predicted molar refractivity (Wildman–Crippen MR) is 74.8 cm³/mol. The Morgan fingerprint density at radius 2 is 2.19 bits per heavy atom. The molecule has 2 heterocycles. The van der Waals surface area contributed by atoms with E-state index in [0.717, 1.165) is 4.90 Å². The largest absolute Gasteiger partial charge is 0.607 e. The Morgan fingerprint density at radius 1 is 1.52 bits per heavy atom. The maximum atomic E-state index is 12.2. The van der Waals surface area contributed by atoms with E-state index in [1.54, 1.807) is 13.0 Å². The second kappa shape index (κ2) is 5.74. The van der Waals surface area contributed by atoms with E-state index in [9.17, 15) is 24.0 Å². The van der Waals surface area contributed by atoms with Crippen LogP contribution in [0.3, 0.4) is 0 Å². The number of rotatable bonds is 4. The number of hydrogen-bond acceptors (Lipinski definition) is 4. The molecule has 2 rings (SSSR count). The van der Waals surface area contributed by atoms with Crippen molar-refractivity contribution >= 4 is 29.0 Å². The molecule has 2 aliphatic rings. The van der Waals surface area contributed by atoms with E-state index in [1.165, 1.54) is 18.5 Å². The fourth-order valence-electron chi connectivity index (χ4n) is 2.37. The molecular formula is C13H14N2O5S. The number of nitrogens with one attached hydrogen (secondary N) is 1. The summed E-state index contributed by atoms with van der Waals surface area (Å²) in [5, 5.41) is 12.8. The van der Waals surface area contributed by atoms with Gasteiger partial charge in [0.2, 0.25) is 5.91 Å². The third-order valence-corrected chi connectivity index (χ3v) is 4.48. The molecular weight excluding hydrogens is 296 g/mol. The van der Waals surface area contributed by atoms with Crippen LogP contribution >= 0.6 is 0 Å². The summed E-state index contributed by atoms with van der Waals surface area (Å²) in [4.78, 5) is 35.3. The normalized spacial score (nSPS) is 24.3. The molecule has 1 saturated heterocycles. The minimum atomic E-state index is -1.71. The van der Waals surface area contributed by atoms with Gasteiger partial charge in [-0.1, -0.05) is 6.08 Å². The summed E-state index contributed by atoms with van der Waals surface area (Å²) < 4.78 is 12.2. The number of amides is 2. The van der Waals surface area contributed by atoms with E-state index in [2.05, 4.69) is 5.32 Å². The second-order valence-corrected chi connectivity index (χ2v) is 5.88. The Labute approximate surface area is 124 Å². The zero-order chi connectivity index (χ0) is 15.7. The van der Waals surface area contributed by atoms with Crippen LogP contribution in [0.15, 0.2) is 33.9 Å². The topological polar surface area (TPSA) is 110 Å². The van der Waals surface area contributed by atoms with Crippen LogP contribution in [-0.4, -0.2) is 38.4 Å². The molecule has 112 valence electrons. The first kappa shape index (κ1) is 15.3. The second-order valence-electron chi connectivity index (χ2n) is 4.52. The molecule has 0 spiro atoms. The van der Waals surface area contributed by atoms with Crippen LogP contribution in [0.2, 0.25) is 0 Å². The molecule has 1 fully saturated rings. The van der Waals surface area contributed by atoms with Gasteiger partial charge in [0, 0.05) is 30.1 Å². The van der Waals surface area contributed by atoms with Crippen molar-refractivity contribution in [2.24, 2.45) is 0 Å². The van der Waals surface area contributed by atoms with E-state index < -0.39 is 17.1 Å². The van der Waals surface area contributed by atoms with E-state index in [0.29, 0.717) is 5.57 Å². The van der Waals surface area contributed by atoms with Crippen LogP contribution in [0, 0.1) is 0 Å². The van der Waals surface area contributed by atoms with Gasteiger partial charge in [-0.15, -0.1) is 0 Å². The van der Waals surface area contributed by atoms with Gasteiger partial charge in [0.05, 0.1) is 12.2 Å². The first-order valence-corrected chi connectivity index (χ1v) is 7.40. The molecule has 0 bridgehead atoms. The molecule has 2 aliphatic heterocycles. The number of carboxylic acid groups (broad SMARTS) is 1. The van der Waals surface area contributed by atoms with Gasteiger partial charge in [-0.05, 0) is 6.92 Å². The molecule has 1 unspecified atom stereocenters. The summed E-state index contributed by atoms with van der Waals surface area (Å²) in [7, 11) is 0. The molecule has 0 aliphatic carbocycles. The average molecular weight is 310 g/mol. The Morgan fingerprint density at radius 3 is 2.71 bits per heavy atom. The Bertz CT molecular complexity index is 608. The fraction of sp³-hybridized carbons (Fsp3) is 0.308. The van der Waals surface area contributed by atoms with Gasteiger partial charge in [0.25, 0.3) is 5.91 Å². The molecule has 7 nitrogen and oxygen atoms in total. The summed E-state index contributed by atoms with van der Waals surface area (Å²) in [5.74, 6) is -1.97.